The highest BCUT2D eigenvalue weighted by Gasteiger charge is 2.51. The number of alkyl halides is 3. The molecule has 0 amide bonds. The number of ether oxygens (including phenoxy) is 5. The van der Waals surface area contributed by atoms with Crippen molar-refractivity contribution >= 4 is 21.8 Å². The van der Waals surface area contributed by atoms with E-state index in [2.05, 4.69) is 4.18 Å². The fourth-order valence-corrected chi connectivity index (χ4v) is 3.89. The van der Waals surface area contributed by atoms with Gasteiger partial charge in [-0.2, -0.15) is 21.6 Å². The zero-order chi connectivity index (χ0) is 26.8. The van der Waals surface area contributed by atoms with Crippen LogP contribution in [0.5, 0.6) is 23.0 Å². The molecule has 1 aliphatic heterocycles. The number of halogens is 3. The highest BCUT2D eigenvalue weighted by atomic mass is 32.2. The third kappa shape index (κ3) is 5.30. The van der Waals surface area contributed by atoms with Crippen molar-refractivity contribution in [1.29, 1.82) is 0 Å². The van der Waals surface area contributed by atoms with Crippen molar-refractivity contribution in [3.8, 4) is 23.0 Å². The standard InChI is InChI=1S/C23H23F3O9S/c1-12(2)33-14-7-9-16-15(11-14)21(35-36(28,29)23(24,25)26)19(22(27)32-5)20(34-16)13-6-8-17(30-3)18(10-13)31-4/h6-12,20H,1-5H3. The third-order valence-corrected chi connectivity index (χ3v) is 5.86. The first-order valence-electron chi connectivity index (χ1n) is 10.4. The first-order valence-corrected chi connectivity index (χ1v) is 11.8. The van der Waals surface area contributed by atoms with E-state index in [1.54, 1.807) is 13.8 Å². The lowest BCUT2D eigenvalue weighted by molar-refractivity contribution is -0.137. The minimum absolute atomic E-state index is 0.0640. The molecule has 0 spiro atoms. The molecule has 0 aromatic heterocycles. The van der Waals surface area contributed by atoms with Gasteiger partial charge in [0.25, 0.3) is 0 Å². The Hall–Kier alpha value is -3.61. The van der Waals surface area contributed by atoms with E-state index < -0.39 is 39.0 Å². The van der Waals surface area contributed by atoms with Crippen LogP contribution in [0.3, 0.4) is 0 Å². The molecule has 0 saturated heterocycles. The molecule has 9 nitrogen and oxygen atoms in total. The summed E-state index contributed by atoms with van der Waals surface area (Å²) < 4.78 is 95.2. The predicted molar refractivity (Wildman–Crippen MR) is 120 cm³/mol. The van der Waals surface area contributed by atoms with Crippen LogP contribution in [-0.4, -0.2) is 47.3 Å². The summed E-state index contributed by atoms with van der Waals surface area (Å²) in [6.07, 6.45) is -1.75. The summed E-state index contributed by atoms with van der Waals surface area (Å²) in [6.45, 7) is 3.43. The van der Waals surface area contributed by atoms with Crippen LogP contribution >= 0.6 is 0 Å². The number of esters is 1. The Morgan fingerprint density at radius 2 is 1.67 bits per heavy atom. The van der Waals surface area contributed by atoms with E-state index in [4.69, 9.17) is 23.7 Å². The number of carbonyl (C=O) groups is 1. The van der Waals surface area contributed by atoms with Gasteiger partial charge >= 0.3 is 21.6 Å². The smallest absolute Gasteiger partial charge is 0.493 e. The van der Waals surface area contributed by atoms with Crippen LogP contribution < -0.4 is 18.9 Å². The molecular formula is C23H23F3O9S. The van der Waals surface area contributed by atoms with E-state index in [-0.39, 0.29) is 34.5 Å². The van der Waals surface area contributed by atoms with Crippen molar-refractivity contribution in [3.05, 3.63) is 53.1 Å². The average Bonchev–Trinajstić information content (AvgIpc) is 2.81. The number of hydrogen-bond acceptors (Lipinski definition) is 9. The second kappa shape index (κ2) is 10.2. The normalized spacial score (nSPS) is 15.6. The second-order valence-electron chi connectivity index (χ2n) is 7.65. The molecule has 1 aliphatic rings. The van der Waals surface area contributed by atoms with E-state index in [1.165, 1.54) is 50.6 Å². The van der Waals surface area contributed by atoms with Gasteiger partial charge in [0.05, 0.1) is 33.0 Å². The van der Waals surface area contributed by atoms with Crippen molar-refractivity contribution in [3.63, 3.8) is 0 Å². The SMILES string of the molecule is COC(=O)C1=C(OS(=O)(=O)C(F)(F)F)c2cc(OC(C)C)ccc2OC1c1ccc(OC)c(OC)c1. The van der Waals surface area contributed by atoms with Crippen molar-refractivity contribution < 1.29 is 54.3 Å². The molecule has 1 unspecified atom stereocenters. The molecule has 196 valence electrons. The first-order chi connectivity index (χ1) is 16.8. The van der Waals surface area contributed by atoms with Gasteiger partial charge in [-0.1, -0.05) is 6.07 Å². The Balaban J connectivity index is 2.32. The average molecular weight is 532 g/mol. The number of benzene rings is 2. The zero-order valence-corrected chi connectivity index (χ0v) is 20.7. The van der Waals surface area contributed by atoms with E-state index >= 15 is 0 Å². The number of hydrogen-bond donors (Lipinski definition) is 0. The number of rotatable bonds is 8. The lowest BCUT2D eigenvalue weighted by atomic mass is 9.94. The van der Waals surface area contributed by atoms with Crippen LogP contribution in [0, 0.1) is 0 Å². The van der Waals surface area contributed by atoms with Crippen LogP contribution in [0.25, 0.3) is 5.76 Å². The van der Waals surface area contributed by atoms with Crippen LogP contribution in [0.4, 0.5) is 13.2 Å². The third-order valence-electron chi connectivity index (χ3n) is 4.91. The maximum absolute atomic E-state index is 13.3. The maximum atomic E-state index is 13.3. The fourth-order valence-electron chi connectivity index (χ4n) is 3.39. The highest BCUT2D eigenvalue weighted by molar-refractivity contribution is 7.87. The summed E-state index contributed by atoms with van der Waals surface area (Å²) in [5.41, 5.74) is -6.43. The molecule has 0 aliphatic carbocycles. The molecule has 1 atom stereocenters. The maximum Gasteiger partial charge on any atom is 0.534 e. The van der Waals surface area contributed by atoms with Gasteiger partial charge in [-0.05, 0) is 44.2 Å². The monoisotopic (exact) mass is 532 g/mol. The molecule has 0 radical (unpaired) electrons. The molecule has 2 aromatic carbocycles. The molecule has 1 heterocycles. The summed E-state index contributed by atoms with van der Waals surface area (Å²) in [6, 6.07) is 8.41. The van der Waals surface area contributed by atoms with Gasteiger partial charge in [-0.3, -0.25) is 0 Å². The van der Waals surface area contributed by atoms with Gasteiger partial charge in [-0.25, -0.2) is 4.79 Å². The van der Waals surface area contributed by atoms with E-state index in [0.717, 1.165) is 7.11 Å². The molecule has 36 heavy (non-hydrogen) atoms. The Morgan fingerprint density at radius 3 is 2.22 bits per heavy atom. The molecule has 3 rings (SSSR count). The minimum atomic E-state index is -6.19. The first kappa shape index (κ1) is 27.0. The van der Waals surface area contributed by atoms with Gasteiger partial charge in [0, 0.05) is 5.56 Å². The Bertz CT molecular complexity index is 1280. The van der Waals surface area contributed by atoms with Gasteiger partial charge in [-0.15, -0.1) is 0 Å². The molecule has 0 saturated carbocycles. The lowest BCUT2D eigenvalue weighted by Gasteiger charge is -2.30. The fraction of sp³-hybridized carbons (Fsp3) is 0.348. The van der Waals surface area contributed by atoms with E-state index in [1.807, 2.05) is 0 Å². The van der Waals surface area contributed by atoms with Gasteiger partial charge in [0.15, 0.2) is 23.4 Å². The largest absolute Gasteiger partial charge is 0.534 e. The number of methoxy groups -OCH3 is 3. The molecular weight excluding hydrogens is 509 g/mol. The minimum Gasteiger partial charge on any atom is -0.493 e. The molecule has 13 heteroatoms. The van der Waals surface area contributed by atoms with Gasteiger partial charge in [0.1, 0.15) is 17.1 Å². The molecule has 2 aromatic rings. The van der Waals surface area contributed by atoms with Crippen LogP contribution in [0.15, 0.2) is 42.0 Å². The summed E-state index contributed by atoms with van der Waals surface area (Å²) >= 11 is 0. The van der Waals surface area contributed by atoms with Crippen molar-refractivity contribution in [1.82, 2.24) is 0 Å². The predicted octanol–water partition coefficient (Wildman–Crippen LogP) is 4.38. The number of fused-ring (bicyclic) bond motifs is 1. The van der Waals surface area contributed by atoms with Crippen LogP contribution in [0.1, 0.15) is 31.1 Å². The van der Waals surface area contributed by atoms with Crippen molar-refractivity contribution in [2.45, 2.75) is 31.6 Å². The van der Waals surface area contributed by atoms with Crippen LogP contribution in [0.2, 0.25) is 0 Å². The summed E-state index contributed by atoms with van der Waals surface area (Å²) in [4.78, 5) is 12.8. The summed E-state index contributed by atoms with van der Waals surface area (Å²) in [7, 11) is -2.45. The van der Waals surface area contributed by atoms with E-state index in [0.29, 0.717) is 5.75 Å². The molecule has 0 N–H and O–H groups in total. The second-order valence-corrected chi connectivity index (χ2v) is 9.19. The van der Waals surface area contributed by atoms with Crippen molar-refractivity contribution in [2.75, 3.05) is 21.3 Å². The number of carbonyl (C=O) groups excluding carboxylic acids is 1. The zero-order valence-electron chi connectivity index (χ0n) is 19.8. The molecule has 0 bridgehead atoms. The van der Waals surface area contributed by atoms with E-state index in [9.17, 15) is 26.4 Å². The molecule has 0 fully saturated rings. The Labute approximate surface area is 205 Å². The van der Waals surface area contributed by atoms with Crippen LogP contribution in [-0.2, 0) is 23.8 Å². The lowest BCUT2D eigenvalue weighted by Crippen LogP contribution is -2.29. The summed E-state index contributed by atoms with van der Waals surface area (Å²) in [5, 5.41) is 0. The Kier molecular flexibility index (Phi) is 7.62. The topological polar surface area (TPSA) is 107 Å². The Morgan fingerprint density at radius 1 is 1.00 bits per heavy atom. The van der Waals surface area contributed by atoms with Gasteiger partial charge < -0.3 is 27.9 Å². The van der Waals surface area contributed by atoms with Gasteiger partial charge in [0.2, 0.25) is 0 Å². The highest BCUT2D eigenvalue weighted by Crippen LogP contribution is 2.47. The summed E-state index contributed by atoms with van der Waals surface area (Å²) in [5.74, 6) is -1.43. The quantitative estimate of drug-likeness (QED) is 0.278. The van der Waals surface area contributed by atoms with Crippen molar-refractivity contribution in [2.24, 2.45) is 0 Å².